The second kappa shape index (κ2) is 14.4. The Morgan fingerprint density at radius 2 is 1.62 bits per heavy atom. The van der Waals surface area contributed by atoms with E-state index in [1.54, 1.807) is 12.1 Å². The first-order chi connectivity index (χ1) is 20.6. The largest absolute Gasteiger partial charge is 0.493 e. The molecule has 0 saturated carbocycles. The molecule has 5 rings (SSSR count). The van der Waals surface area contributed by atoms with E-state index in [1.165, 1.54) is 34.4 Å². The summed E-state index contributed by atoms with van der Waals surface area (Å²) in [6.07, 6.45) is 3.62. The number of fused-ring (bicyclic) bond motifs is 1. The molecule has 1 aliphatic rings. The molecule has 0 amide bonds. The van der Waals surface area contributed by atoms with E-state index in [-0.39, 0.29) is 5.82 Å². The molecular weight excluding hydrogens is 529 g/mol. The minimum Gasteiger partial charge on any atom is -0.493 e. The number of hydrogen-bond acceptors (Lipinski definition) is 5. The molecule has 0 spiro atoms. The highest BCUT2D eigenvalue weighted by atomic mass is 19.1. The van der Waals surface area contributed by atoms with Gasteiger partial charge in [-0.05, 0) is 103 Å². The van der Waals surface area contributed by atoms with E-state index < -0.39 is 0 Å². The lowest BCUT2D eigenvalue weighted by molar-refractivity contribution is 0.0442. The maximum atomic E-state index is 13.2. The van der Waals surface area contributed by atoms with E-state index in [4.69, 9.17) is 23.9 Å². The van der Waals surface area contributed by atoms with Gasteiger partial charge in [0.15, 0.2) is 0 Å². The SMILES string of the molecule is CCOCCOCc1nc(C)c(CC)c(-c2ccc3c(c2)CCCO3)c1-c1ccc(OCCc2ccc(F)cc2)cc1. The van der Waals surface area contributed by atoms with Crippen LogP contribution in [-0.2, 0) is 35.3 Å². The summed E-state index contributed by atoms with van der Waals surface area (Å²) in [6, 6.07) is 21.4. The molecule has 4 aromatic rings. The molecule has 1 aliphatic heterocycles. The third-order valence-electron chi connectivity index (χ3n) is 7.66. The first kappa shape index (κ1) is 29.7. The second-order valence-electron chi connectivity index (χ2n) is 10.5. The molecule has 0 bridgehead atoms. The zero-order valence-corrected chi connectivity index (χ0v) is 24.9. The topological polar surface area (TPSA) is 49.8 Å². The van der Waals surface area contributed by atoms with Gasteiger partial charge >= 0.3 is 0 Å². The minimum absolute atomic E-state index is 0.228. The fraction of sp³-hybridized carbons (Fsp3) is 0.361. The quantitative estimate of drug-likeness (QED) is 0.153. The molecule has 6 heteroatoms. The number of hydrogen-bond donors (Lipinski definition) is 0. The van der Waals surface area contributed by atoms with Gasteiger partial charge in [0.1, 0.15) is 17.3 Å². The third kappa shape index (κ3) is 7.18. The normalized spacial score (nSPS) is 12.6. The standard InChI is InChI=1S/C36H40FNO4/c1-4-32-25(3)38-33(24-40-22-21-39-5-2)36(35(32)29-12-17-34-28(23-29)7-6-19-42-34)27-10-15-31(16-11-27)41-20-18-26-8-13-30(37)14-9-26/h8-17,23H,4-7,18-22,24H2,1-3H3. The van der Waals surface area contributed by atoms with E-state index in [1.807, 2.05) is 19.1 Å². The highest BCUT2D eigenvalue weighted by Crippen LogP contribution is 2.41. The van der Waals surface area contributed by atoms with Crippen LogP contribution < -0.4 is 9.47 Å². The lowest BCUT2D eigenvalue weighted by Gasteiger charge is -2.23. The van der Waals surface area contributed by atoms with Crippen LogP contribution in [0.15, 0.2) is 66.7 Å². The van der Waals surface area contributed by atoms with Crippen molar-refractivity contribution in [3.8, 4) is 33.8 Å². The van der Waals surface area contributed by atoms with Gasteiger partial charge in [-0.1, -0.05) is 37.3 Å². The molecule has 0 fully saturated rings. The molecule has 0 N–H and O–H groups in total. The zero-order valence-electron chi connectivity index (χ0n) is 24.9. The number of rotatable bonds is 13. The van der Waals surface area contributed by atoms with Crippen molar-refractivity contribution in [3.63, 3.8) is 0 Å². The van der Waals surface area contributed by atoms with Crippen molar-refractivity contribution in [2.24, 2.45) is 0 Å². The van der Waals surface area contributed by atoms with Crippen LogP contribution in [0.2, 0.25) is 0 Å². The van der Waals surface area contributed by atoms with Gasteiger partial charge in [0.25, 0.3) is 0 Å². The Labute approximate surface area is 248 Å². The van der Waals surface area contributed by atoms with Crippen molar-refractivity contribution in [1.29, 1.82) is 0 Å². The van der Waals surface area contributed by atoms with Crippen LogP contribution in [-0.4, -0.2) is 38.0 Å². The molecule has 3 aromatic carbocycles. The summed E-state index contributed by atoms with van der Waals surface area (Å²) in [7, 11) is 0. The molecule has 42 heavy (non-hydrogen) atoms. The highest BCUT2D eigenvalue weighted by molar-refractivity contribution is 5.88. The summed E-state index contributed by atoms with van der Waals surface area (Å²) in [5, 5.41) is 0. The number of ether oxygens (including phenoxy) is 4. The summed E-state index contributed by atoms with van der Waals surface area (Å²) in [6.45, 7) is 9.68. The van der Waals surface area contributed by atoms with Gasteiger partial charge in [0.05, 0.1) is 38.7 Å². The first-order valence-corrected chi connectivity index (χ1v) is 15.0. The molecule has 2 heterocycles. The molecule has 0 radical (unpaired) electrons. The fourth-order valence-corrected chi connectivity index (χ4v) is 5.57. The number of nitrogens with zero attached hydrogens (tertiary/aromatic N) is 1. The summed E-state index contributed by atoms with van der Waals surface area (Å²) in [5.41, 5.74) is 9.99. The molecule has 0 saturated heterocycles. The van der Waals surface area contributed by atoms with Crippen LogP contribution in [0.25, 0.3) is 22.3 Å². The average molecular weight is 570 g/mol. The first-order valence-electron chi connectivity index (χ1n) is 15.0. The Kier molecular flexibility index (Phi) is 10.2. The Bertz CT molecular complexity index is 1470. The molecule has 220 valence electrons. The summed E-state index contributed by atoms with van der Waals surface area (Å²) < 4.78 is 36.7. The van der Waals surface area contributed by atoms with Crippen molar-refractivity contribution in [2.75, 3.05) is 33.0 Å². The molecule has 0 atom stereocenters. The maximum Gasteiger partial charge on any atom is 0.123 e. The fourth-order valence-electron chi connectivity index (χ4n) is 5.57. The van der Waals surface area contributed by atoms with Gasteiger partial charge in [-0.2, -0.15) is 0 Å². The highest BCUT2D eigenvalue weighted by Gasteiger charge is 2.22. The van der Waals surface area contributed by atoms with Crippen molar-refractivity contribution >= 4 is 0 Å². The van der Waals surface area contributed by atoms with Gasteiger partial charge in [0.2, 0.25) is 0 Å². The molecule has 5 nitrogen and oxygen atoms in total. The van der Waals surface area contributed by atoms with Crippen molar-refractivity contribution in [2.45, 2.75) is 53.1 Å². The number of benzene rings is 3. The lowest BCUT2D eigenvalue weighted by Crippen LogP contribution is -2.10. The van der Waals surface area contributed by atoms with Gasteiger partial charge < -0.3 is 18.9 Å². The van der Waals surface area contributed by atoms with Crippen LogP contribution in [0.3, 0.4) is 0 Å². The molecule has 1 aromatic heterocycles. The third-order valence-corrected chi connectivity index (χ3v) is 7.66. The average Bonchev–Trinajstić information content (AvgIpc) is 3.02. The number of aryl methyl sites for hydroxylation is 2. The lowest BCUT2D eigenvalue weighted by atomic mass is 9.86. The number of halogens is 1. The maximum absolute atomic E-state index is 13.2. The zero-order chi connectivity index (χ0) is 29.3. The monoisotopic (exact) mass is 569 g/mol. The van der Waals surface area contributed by atoms with Gasteiger partial charge in [-0.25, -0.2) is 4.39 Å². The van der Waals surface area contributed by atoms with E-state index in [9.17, 15) is 4.39 Å². The minimum atomic E-state index is -0.228. The van der Waals surface area contributed by atoms with Gasteiger partial charge in [0, 0.05) is 24.3 Å². The van der Waals surface area contributed by atoms with Crippen LogP contribution in [0, 0.1) is 12.7 Å². The van der Waals surface area contributed by atoms with Crippen LogP contribution in [0.1, 0.15) is 48.3 Å². The summed E-state index contributed by atoms with van der Waals surface area (Å²) >= 11 is 0. The van der Waals surface area contributed by atoms with Crippen molar-refractivity contribution in [3.05, 3.63) is 101 Å². The van der Waals surface area contributed by atoms with Crippen molar-refractivity contribution < 1.29 is 23.3 Å². The van der Waals surface area contributed by atoms with Crippen molar-refractivity contribution in [1.82, 2.24) is 4.98 Å². The Morgan fingerprint density at radius 1 is 0.857 bits per heavy atom. The second-order valence-corrected chi connectivity index (χ2v) is 10.5. The van der Waals surface area contributed by atoms with Crippen LogP contribution in [0.4, 0.5) is 4.39 Å². The summed E-state index contributed by atoms with van der Waals surface area (Å²) in [4.78, 5) is 5.08. The van der Waals surface area contributed by atoms with E-state index in [0.29, 0.717) is 39.5 Å². The van der Waals surface area contributed by atoms with E-state index in [0.717, 1.165) is 65.4 Å². The van der Waals surface area contributed by atoms with E-state index in [2.05, 4.69) is 44.2 Å². The van der Waals surface area contributed by atoms with Crippen LogP contribution in [0.5, 0.6) is 11.5 Å². The Morgan fingerprint density at radius 3 is 2.38 bits per heavy atom. The Balaban J connectivity index is 1.48. The number of aromatic nitrogens is 1. The molecular formula is C36H40FNO4. The van der Waals surface area contributed by atoms with Gasteiger partial charge in [-0.3, -0.25) is 4.98 Å². The van der Waals surface area contributed by atoms with E-state index >= 15 is 0 Å². The van der Waals surface area contributed by atoms with Gasteiger partial charge in [-0.15, -0.1) is 0 Å². The van der Waals surface area contributed by atoms with Crippen LogP contribution >= 0.6 is 0 Å². The number of pyridine rings is 1. The molecule has 0 unspecified atom stereocenters. The smallest absolute Gasteiger partial charge is 0.123 e. The predicted molar refractivity (Wildman–Crippen MR) is 165 cm³/mol. The molecule has 0 aliphatic carbocycles. The predicted octanol–water partition coefficient (Wildman–Crippen LogP) is 7.93. The summed E-state index contributed by atoms with van der Waals surface area (Å²) in [5.74, 6) is 1.55. The Hall–Kier alpha value is -3.74.